The number of nitrogens with zero attached hydrogens (tertiary/aromatic N) is 1. The van der Waals surface area contributed by atoms with Gasteiger partial charge in [-0.05, 0) is 42.2 Å². The Morgan fingerprint density at radius 1 is 0.935 bits per heavy atom. The Labute approximate surface area is 181 Å². The lowest BCUT2D eigenvalue weighted by molar-refractivity contribution is -0.129. The maximum Gasteiger partial charge on any atom is 0.253 e. The third kappa shape index (κ3) is 4.08. The summed E-state index contributed by atoms with van der Waals surface area (Å²) >= 11 is 0. The molecule has 0 bridgehead atoms. The van der Waals surface area contributed by atoms with Gasteiger partial charge >= 0.3 is 0 Å². The molecule has 1 saturated heterocycles. The molecule has 1 unspecified atom stereocenters. The van der Waals surface area contributed by atoms with Gasteiger partial charge in [0, 0.05) is 31.3 Å². The average Bonchev–Trinajstić information content (AvgIpc) is 3.24. The molecule has 1 aliphatic rings. The highest BCUT2D eigenvalue weighted by Crippen LogP contribution is 2.38. The highest BCUT2D eigenvalue weighted by molar-refractivity contribution is 5.95. The molecule has 3 aromatic carbocycles. The van der Waals surface area contributed by atoms with Crippen LogP contribution in [-0.2, 0) is 11.2 Å². The Morgan fingerprint density at radius 2 is 1.58 bits per heavy atom. The molecule has 1 N–H and O–H groups in total. The molecule has 1 fully saturated rings. The van der Waals surface area contributed by atoms with Gasteiger partial charge in [0.2, 0.25) is 5.91 Å². The van der Waals surface area contributed by atoms with Crippen molar-refractivity contribution in [3.05, 3.63) is 95.8 Å². The number of carbonyl (C=O) groups excluding carboxylic acids is 2. The second-order valence-electron chi connectivity index (χ2n) is 8.02. The maximum atomic E-state index is 14.5. The third-order valence-corrected chi connectivity index (χ3v) is 6.08. The zero-order valence-corrected chi connectivity index (χ0v) is 17.5. The van der Waals surface area contributed by atoms with E-state index in [0.717, 1.165) is 11.1 Å². The molecule has 3 aromatic rings. The largest absolute Gasteiger partial charge is 0.359 e. The second kappa shape index (κ2) is 8.72. The van der Waals surface area contributed by atoms with Crippen molar-refractivity contribution in [1.29, 1.82) is 0 Å². The summed E-state index contributed by atoms with van der Waals surface area (Å²) in [6.45, 7) is 0.828. The first-order valence-corrected chi connectivity index (χ1v) is 10.4. The molecule has 0 radical (unpaired) electrons. The SMILES string of the molecule is CNC(=O)C1(Cc2ccccc2-c2ccccc2F)CCN(C(=O)c2ccccc2)C1. The number of carbonyl (C=O) groups is 2. The van der Waals surface area contributed by atoms with Crippen LogP contribution in [0.1, 0.15) is 22.3 Å². The maximum absolute atomic E-state index is 14.5. The Kier molecular flexibility index (Phi) is 5.85. The van der Waals surface area contributed by atoms with Crippen molar-refractivity contribution < 1.29 is 14.0 Å². The molecule has 0 spiro atoms. The van der Waals surface area contributed by atoms with E-state index < -0.39 is 5.41 Å². The normalized spacial score (nSPS) is 18.1. The fourth-order valence-electron chi connectivity index (χ4n) is 4.47. The van der Waals surface area contributed by atoms with E-state index in [1.807, 2.05) is 42.5 Å². The number of hydrogen-bond donors (Lipinski definition) is 1. The zero-order chi connectivity index (χ0) is 21.8. The number of nitrogens with one attached hydrogen (secondary N) is 1. The molecule has 31 heavy (non-hydrogen) atoms. The molecular formula is C26H25FN2O2. The smallest absolute Gasteiger partial charge is 0.253 e. The van der Waals surface area contributed by atoms with Crippen molar-refractivity contribution in [1.82, 2.24) is 10.2 Å². The molecule has 0 aromatic heterocycles. The minimum absolute atomic E-state index is 0.0752. The highest BCUT2D eigenvalue weighted by Gasteiger charge is 2.46. The van der Waals surface area contributed by atoms with Gasteiger partial charge in [-0.25, -0.2) is 4.39 Å². The monoisotopic (exact) mass is 416 g/mol. The molecular weight excluding hydrogens is 391 g/mol. The Hall–Kier alpha value is -3.47. The molecule has 4 nitrogen and oxygen atoms in total. The van der Waals surface area contributed by atoms with Crippen LogP contribution in [0, 0.1) is 11.2 Å². The van der Waals surface area contributed by atoms with E-state index in [9.17, 15) is 14.0 Å². The van der Waals surface area contributed by atoms with Crippen LogP contribution in [0.4, 0.5) is 4.39 Å². The van der Waals surface area contributed by atoms with Crippen LogP contribution in [0.25, 0.3) is 11.1 Å². The van der Waals surface area contributed by atoms with E-state index in [1.165, 1.54) is 6.07 Å². The standard InChI is InChI=1S/C26H25FN2O2/c1-28-25(31)26(15-16-29(18-26)24(30)19-9-3-2-4-10-19)17-20-11-5-6-12-21(20)22-13-7-8-14-23(22)27/h2-14H,15-18H2,1H3,(H,28,31). The fraction of sp³-hybridized carbons (Fsp3) is 0.231. The van der Waals surface area contributed by atoms with Crippen molar-refractivity contribution in [3.63, 3.8) is 0 Å². The van der Waals surface area contributed by atoms with Gasteiger partial charge < -0.3 is 10.2 Å². The molecule has 1 aliphatic heterocycles. The van der Waals surface area contributed by atoms with Crippen LogP contribution in [0.3, 0.4) is 0 Å². The molecule has 1 heterocycles. The Balaban J connectivity index is 1.66. The van der Waals surface area contributed by atoms with Gasteiger partial charge in [-0.2, -0.15) is 0 Å². The molecule has 1 atom stereocenters. The molecule has 0 aliphatic carbocycles. The number of amides is 2. The fourth-order valence-corrected chi connectivity index (χ4v) is 4.47. The van der Waals surface area contributed by atoms with Crippen molar-refractivity contribution in [2.75, 3.05) is 20.1 Å². The van der Waals surface area contributed by atoms with Gasteiger partial charge in [-0.1, -0.05) is 60.7 Å². The van der Waals surface area contributed by atoms with Gasteiger partial charge in [0.1, 0.15) is 5.82 Å². The summed E-state index contributed by atoms with van der Waals surface area (Å²) in [6, 6.07) is 23.4. The average molecular weight is 416 g/mol. The van der Waals surface area contributed by atoms with Crippen LogP contribution in [-0.4, -0.2) is 36.9 Å². The Bertz CT molecular complexity index is 1100. The van der Waals surface area contributed by atoms with Gasteiger partial charge in [0.15, 0.2) is 0 Å². The van der Waals surface area contributed by atoms with Crippen LogP contribution in [0.5, 0.6) is 0 Å². The van der Waals surface area contributed by atoms with E-state index >= 15 is 0 Å². The third-order valence-electron chi connectivity index (χ3n) is 6.08. The summed E-state index contributed by atoms with van der Waals surface area (Å²) in [5, 5.41) is 2.79. The van der Waals surface area contributed by atoms with E-state index in [0.29, 0.717) is 37.1 Å². The lowest BCUT2D eigenvalue weighted by Gasteiger charge is -2.28. The molecule has 5 heteroatoms. The summed E-state index contributed by atoms with van der Waals surface area (Å²) in [5.74, 6) is -0.468. The predicted octanol–water partition coefficient (Wildman–Crippen LogP) is 4.31. The minimum atomic E-state index is -0.763. The number of halogens is 1. The summed E-state index contributed by atoms with van der Waals surface area (Å²) < 4.78 is 14.5. The van der Waals surface area contributed by atoms with Crippen molar-refractivity contribution in [3.8, 4) is 11.1 Å². The van der Waals surface area contributed by atoms with Gasteiger partial charge in [-0.15, -0.1) is 0 Å². The summed E-state index contributed by atoms with van der Waals surface area (Å²) in [6.07, 6.45) is 0.979. The lowest BCUT2D eigenvalue weighted by Crippen LogP contribution is -2.44. The van der Waals surface area contributed by atoms with E-state index in [1.54, 1.807) is 42.3 Å². The predicted molar refractivity (Wildman–Crippen MR) is 119 cm³/mol. The van der Waals surface area contributed by atoms with Crippen LogP contribution in [0.15, 0.2) is 78.9 Å². The molecule has 0 saturated carbocycles. The molecule has 158 valence electrons. The Morgan fingerprint density at radius 3 is 2.29 bits per heavy atom. The second-order valence-corrected chi connectivity index (χ2v) is 8.02. The first-order chi connectivity index (χ1) is 15.0. The number of rotatable bonds is 5. The first-order valence-electron chi connectivity index (χ1n) is 10.4. The minimum Gasteiger partial charge on any atom is -0.359 e. The summed E-state index contributed by atoms with van der Waals surface area (Å²) in [7, 11) is 1.62. The van der Waals surface area contributed by atoms with Crippen molar-refractivity contribution >= 4 is 11.8 Å². The zero-order valence-electron chi connectivity index (χ0n) is 17.5. The van der Waals surface area contributed by atoms with Crippen LogP contribution >= 0.6 is 0 Å². The number of benzene rings is 3. The van der Waals surface area contributed by atoms with Crippen molar-refractivity contribution in [2.24, 2.45) is 5.41 Å². The van der Waals surface area contributed by atoms with E-state index in [4.69, 9.17) is 0 Å². The van der Waals surface area contributed by atoms with E-state index in [2.05, 4.69) is 5.32 Å². The first kappa shape index (κ1) is 20.8. The summed E-state index contributed by atoms with van der Waals surface area (Å²) in [5.41, 5.74) is 2.03. The van der Waals surface area contributed by atoms with Gasteiger partial charge in [0.05, 0.1) is 5.41 Å². The topological polar surface area (TPSA) is 49.4 Å². The molecule has 2 amide bonds. The van der Waals surface area contributed by atoms with Crippen molar-refractivity contribution in [2.45, 2.75) is 12.8 Å². The highest BCUT2D eigenvalue weighted by atomic mass is 19.1. The van der Waals surface area contributed by atoms with Gasteiger partial charge in [0.25, 0.3) is 5.91 Å². The summed E-state index contributed by atoms with van der Waals surface area (Å²) in [4.78, 5) is 27.8. The number of likely N-dealkylation sites (tertiary alicyclic amines) is 1. The number of hydrogen-bond acceptors (Lipinski definition) is 2. The van der Waals surface area contributed by atoms with Gasteiger partial charge in [-0.3, -0.25) is 9.59 Å². The quantitative estimate of drug-likeness (QED) is 0.674. The lowest BCUT2D eigenvalue weighted by atomic mass is 9.78. The van der Waals surface area contributed by atoms with E-state index in [-0.39, 0.29) is 17.6 Å². The van der Waals surface area contributed by atoms with Crippen LogP contribution < -0.4 is 5.32 Å². The van der Waals surface area contributed by atoms with Crippen LogP contribution in [0.2, 0.25) is 0 Å². The molecule has 4 rings (SSSR count).